The summed E-state index contributed by atoms with van der Waals surface area (Å²) in [5.74, 6) is 0. The third-order valence-corrected chi connectivity index (χ3v) is 1.02. The number of nitrogens with zero attached hydrogens (tertiary/aromatic N) is 1. The van der Waals surface area contributed by atoms with E-state index in [4.69, 9.17) is 5.02 Å². The van der Waals surface area contributed by atoms with Crippen LogP contribution in [0.5, 0.6) is 0 Å². The SMILES string of the molecule is OB(OCl)OCl.c1ccncc1. The molecule has 12 heavy (non-hydrogen) atoms. The maximum atomic E-state index is 7.96. The fourth-order valence-corrected chi connectivity index (χ4v) is 0.436. The normalized spacial score (nSPS) is 8.25. The number of hydrogen-bond acceptors (Lipinski definition) is 4. The Hall–Kier alpha value is -0.325. The minimum absolute atomic E-state index is 1.53. The molecule has 0 bridgehead atoms. The van der Waals surface area contributed by atoms with E-state index in [0.717, 1.165) is 0 Å². The van der Waals surface area contributed by atoms with Crippen LogP contribution >= 0.6 is 23.7 Å². The molecule has 4 nitrogen and oxygen atoms in total. The molecular weight excluding hydrogens is 204 g/mol. The van der Waals surface area contributed by atoms with Crippen molar-refractivity contribution in [1.29, 1.82) is 0 Å². The molecule has 0 saturated heterocycles. The lowest BCUT2D eigenvalue weighted by atomic mass is 10.3. The van der Waals surface area contributed by atoms with Crippen LogP contribution in [0.3, 0.4) is 0 Å². The summed E-state index contributed by atoms with van der Waals surface area (Å²) in [4.78, 5) is 3.78. The Morgan fingerprint density at radius 1 is 1.08 bits per heavy atom. The largest absolute Gasteiger partial charge is 0.670 e. The highest BCUT2D eigenvalue weighted by Gasteiger charge is 2.12. The first-order chi connectivity index (χ1) is 5.81. The lowest BCUT2D eigenvalue weighted by molar-refractivity contribution is 0.324. The molecule has 1 aromatic heterocycles. The molecule has 0 aliphatic rings. The minimum atomic E-state index is -1.53. The first-order valence-corrected chi connectivity index (χ1v) is 3.51. The Morgan fingerprint density at radius 2 is 1.58 bits per heavy atom. The van der Waals surface area contributed by atoms with Crippen molar-refractivity contribution in [2.45, 2.75) is 0 Å². The van der Waals surface area contributed by atoms with E-state index >= 15 is 0 Å². The average molecular weight is 210 g/mol. The van der Waals surface area contributed by atoms with Crippen molar-refractivity contribution in [3.63, 3.8) is 0 Å². The quantitative estimate of drug-likeness (QED) is 0.749. The van der Waals surface area contributed by atoms with Crippen LogP contribution in [-0.4, -0.2) is 17.3 Å². The van der Waals surface area contributed by atoms with Crippen molar-refractivity contribution in [2.24, 2.45) is 0 Å². The van der Waals surface area contributed by atoms with Gasteiger partial charge in [0.05, 0.1) is 0 Å². The maximum Gasteiger partial charge on any atom is 0.670 e. The molecule has 0 fully saturated rings. The highest BCUT2D eigenvalue weighted by atomic mass is 35.5. The van der Waals surface area contributed by atoms with Crippen LogP contribution in [0.4, 0.5) is 0 Å². The summed E-state index contributed by atoms with van der Waals surface area (Å²) in [5.41, 5.74) is 0. The summed E-state index contributed by atoms with van der Waals surface area (Å²) in [6.45, 7) is 0. The topological polar surface area (TPSA) is 51.6 Å². The molecule has 0 aromatic carbocycles. The molecule has 0 saturated carbocycles. The zero-order chi connectivity index (χ0) is 9.23. The van der Waals surface area contributed by atoms with Crippen LogP contribution in [0.2, 0.25) is 0 Å². The summed E-state index contributed by atoms with van der Waals surface area (Å²) in [7, 11) is -1.53. The second-order valence-corrected chi connectivity index (χ2v) is 1.87. The second kappa shape index (κ2) is 8.77. The molecule has 66 valence electrons. The van der Waals surface area contributed by atoms with Crippen LogP contribution < -0.4 is 0 Å². The minimum Gasteiger partial charge on any atom is -0.400 e. The van der Waals surface area contributed by atoms with Gasteiger partial charge in [-0.2, -0.15) is 0 Å². The number of halogens is 2. The molecule has 0 atom stereocenters. The van der Waals surface area contributed by atoms with Crippen molar-refractivity contribution in [1.82, 2.24) is 4.98 Å². The predicted octanol–water partition coefficient (Wildman–Crippen LogP) is 1.39. The van der Waals surface area contributed by atoms with Crippen molar-refractivity contribution < 1.29 is 13.4 Å². The Bertz CT molecular complexity index is 149. The summed E-state index contributed by atoms with van der Waals surface area (Å²) >= 11 is 8.99. The third kappa shape index (κ3) is 7.78. The van der Waals surface area contributed by atoms with Crippen molar-refractivity contribution in [3.8, 4) is 0 Å². The van der Waals surface area contributed by atoms with Gasteiger partial charge >= 0.3 is 7.32 Å². The van der Waals surface area contributed by atoms with Gasteiger partial charge in [-0.15, -0.1) is 0 Å². The van der Waals surface area contributed by atoms with E-state index in [2.05, 4.69) is 37.1 Å². The lowest BCUT2D eigenvalue weighted by Crippen LogP contribution is -2.11. The molecule has 7 heteroatoms. The van der Waals surface area contributed by atoms with Gasteiger partial charge in [-0.1, -0.05) is 6.07 Å². The molecule has 0 unspecified atom stereocenters. The molecule has 0 aliphatic heterocycles. The first kappa shape index (κ1) is 11.7. The molecule has 1 heterocycles. The summed E-state index contributed by atoms with van der Waals surface area (Å²) in [6, 6.07) is 5.72. The van der Waals surface area contributed by atoms with Gasteiger partial charge in [0.25, 0.3) is 0 Å². The van der Waals surface area contributed by atoms with Gasteiger partial charge in [0.1, 0.15) is 0 Å². The van der Waals surface area contributed by atoms with Crippen molar-refractivity contribution in [3.05, 3.63) is 30.6 Å². The van der Waals surface area contributed by atoms with Crippen LogP contribution in [0.1, 0.15) is 0 Å². The summed E-state index contributed by atoms with van der Waals surface area (Å²) in [5, 5.41) is 7.96. The zero-order valence-corrected chi connectivity index (χ0v) is 7.44. The third-order valence-electron chi connectivity index (χ3n) is 0.719. The highest BCUT2D eigenvalue weighted by Crippen LogP contribution is 1.88. The van der Waals surface area contributed by atoms with Gasteiger partial charge in [-0.05, 0) is 12.1 Å². The first-order valence-electron chi connectivity index (χ1n) is 2.89. The zero-order valence-electron chi connectivity index (χ0n) is 5.93. The van der Waals surface area contributed by atoms with Crippen LogP contribution in [0.25, 0.3) is 0 Å². The fraction of sp³-hybridized carbons (Fsp3) is 0. The smallest absolute Gasteiger partial charge is 0.400 e. The molecule has 1 aromatic rings. The van der Waals surface area contributed by atoms with Crippen LogP contribution in [0.15, 0.2) is 30.6 Å². The van der Waals surface area contributed by atoms with Crippen molar-refractivity contribution >= 4 is 31.1 Å². The van der Waals surface area contributed by atoms with E-state index in [1.807, 2.05) is 18.2 Å². The molecule has 1 rings (SSSR count). The molecule has 0 amide bonds. The van der Waals surface area contributed by atoms with Gasteiger partial charge in [0.2, 0.25) is 0 Å². The Kier molecular flexibility index (Phi) is 8.53. The molecule has 0 spiro atoms. The summed E-state index contributed by atoms with van der Waals surface area (Å²) < 4.78 is 7.15. The Labute approximate surface area is 80.6 Å². The monoisotopic (exact) mass is 209 g/mol. The van der Waals surface area contributed by atoms with E-state index in [1.54, 1.807) is 12.4 Å². The lowest BCUT2D eigenvalue weighted by Gasteiger charge is -1.87. The van der Waals surface area contributed by atoms with E-state index in [9.17, 15) is 0 Å². The standard InChI is InChI=1S/C5H5N.BCl2HO3/c1-2-4-6-5-3-1;2-5-1(4)6-3/h1-5H;4H. The highest BCUT2D eigenvalue weighted by molar-refractivity contribution is 6.47. The molecule has 0 radical (unpaired) electrons. The van der Waals surface area contributed by atoms with Crippen molar-refractivity contribution in [2.75, 3.05) is 0 Å². The maximum absolute atomic E-state index is 7.96. The Balaban J connectivity index is 0.000000202. The van der Waals surface area contributed by atoms with E-state index < -0.39 is 7.32 Å². The molecule has 1 N–H and O–H groups in total. The average Bonchev–Trinajstić information content (AvgIpc) is 2.20. The Morgan fingerprint density at radius 3 is 1.67 bits per heavy atom. The number of aromatic nitrogens is 1. The number of rotatable bonds is 2. The van der Waals surface area contributed by atoms with Gasteiger partial charge in [0.15, 0.2) is 0 Å². The van der Waals surface area contributed by atoms with E-state index in [1.165, 1.54) is 0 Å². The van der Waals surface area contributed by atoms with Gasteiger partial charge in [0, 0.05) is 36.1 Å². The van der Waals surface area contributed by atoms with Crippen LogP contribution in [-0.2, 0) is 8.41 Å². The van der Waals surface area contributed by atoms with Gasteiger partial charge in [-0.3, -0.25) is 13.4 Å². The van der Waals surface area contributed by atoms with E-state index in [0.29, 0.717) is 0 Å². The second-order valence-electron chi connectivity index (χ2n) is 1.51. The predicted molar refractivity (Wildman–Crippen MR) is 46.1 cm³/mol. The fourth-order valence-electron chi connectivity index (χ4n) is 0.326. The van der Waals surface area contributed by atoms with Crippen LogP contribution in [0, 0.1) is 0 Å². The molecular formula is C5H6BCl2NO3. The summed E-state index contributed by atoms with van der Waals surface area (Å²) in [6.07, 6.45) is 3.50. The number of hydrogen-bond donors (Lipinski definition) is 1. The number of pyridine rings is 1. The molecule has 0 aliphatic carbocycles. The van der Waals surface area contributed by atoms with E-state index in [-0.39, 0.29) is 0 Å². The van der Waals surface area contributed by atoms with Gasteiger partial charge < -0.3 is 5.02 Å². The van der Waals surface area contributed by atoms with Gasteiger partial charge in [-0.25, -0.2) is 0 Å².